The number of fused-ring (bicyclic) bond motifs is 2. The highest BCUT2D eigenvalue weighted by Crippen LogP contribution is 2.29. The molecule has 1 aliphatic heterocycles. The van der Waals surface area contributed by atoms with Gasteiger partial charge in [0.1, 0.15) is 15.9 Å². The summed E-state index contributed by atoms with van der Waals surface area (Å²) in [6.07, 6.45) is 5.41. The van der Waals surface area contributed by atoms with Gasteiger partial charge in [-0.05, 0) is 34.1 Å². The maximum Gasteiger partial charge on any atom is 0.186 e. The molecule has 0 bridgehead atoms. The molecular weight excluding hydrogens is 402 g/mol. The Balaban J connectivity index is 1.35. The zero-order valence-corrected chi connectivity index (χ0v) is 15.6. The second-order valence-electron chi connectivity index (χ2n) is 5.86. The number of anilines is 2. The highest BCUT2D eigenvalue weighted by Gasteiger charge is 2.21. The fraction of sp³-hybridized carbons (Fsp3) is 0.250. The average Bonchev–Trinajstić information content (AvgIpc) is 3.25. The van der Waals surface area contributed by atoms with Crippen LogP contribution in [0.25, 0.3) is 15.9 Å². The van der Waals surface area contributed by atoms with E-state index in [4.69, 9.17) is 4.98 Å². The van der Waals surface area contributed by atoms with Crippen molar-refractivity contribution in [2.24, 2.45) is 0 Å². The lowest BCUT2D eigenvalue weighted by Gasteiger charge is -2.35. The van der Waals surface area contributed by atoms with Crippen LogP contribution in [-0.2, 0) is 0 Å². The Kier molecular flexibility index (Phi) is 3.56. The minimum atomic E-state index is 0.845. The van der Waals surface area contributed by atoms with E-state index in [2.05, 4.69) is 40.8 Å². The Labute approximate surface area is 156 Å². The number of thiazole rings is 1. The SMILES string of the molecule is Brc1cnc2ccc(N3CCN(c4nc5cnccc5s4)CC3)nn12. The number of halogens is 1. The molecule has 0 amide bonds. The highest BCUT2D eigenvalue weighted by molar-refractivity contribution is 9.10. The van der Waals surface area contributed by atoms with Crippen LogP contribution in [0.2, 0.25) is 0 Å². The van der Waals surface area contributed by atoms with Crippen LogP contribution in [0.15, 0.2) is 41.4 Å². The van der Waals surface area contributed by atoms with Crippen molar-refractivity contribution in [3.8, 4) is 0 Å². The van der Waals surface area contributed by atoms with Gasteiger partial charge < -0.3 is 9.80 Å². The monoisotopic (exact) mass is 415 g/mol. The number of imidazole rings is 1. The third kappa shape index (κ3) is 2.63. The molecule has 1 saturated heterocycles. The Bertz CT molecular complexity index is 1020. The average molecular weight is 416 g/mol. The van der Waals surface area contributed by atoms with E-state index in [1.807, 2.05) is 35.1 Å². The third-order valence-electron chi connectivity index (χ3n) is 4.36. The number of hydrogen-bond acceptors (Lipinski definition) is 7. The third-order valence-corrected chi connectivity index (χ3v) is 6.00. The number of hydrogen-bond donors (Lipinski definition) is 0. The van der Waals surface area contributed by atoms with Gasteiger partial charge in [0.25, 0.3) is 0 Å². The van der Waals surface area contributed by atoms with Crippen LogP contribution in [0.3, 0.4) is 0 Å². The number of rotatable bonds is 2. The van der Waals surface area contributed by atoms with Crippen molar-refractivity contribution in [1.82, 2.24) is 24.6 Å². The maximum atomic E-state index is 4.71. The van der Waals surface area contributed by atoms with Gasteiger partial charge in [0.2, 0.25) is 0 Å². The molecule has 4 aromatic heterocycles. The van der Waals surface area contributed by atoms with Gasteiger partial charge in [-0.15, -0.1) is 5.10 Å². The minimum Gasteiger partial charge on any atom is -0.352 e. The summed E-state index contributed by atoms with van der Waals surface area (Å²) in [5.74, 6) is 0.972. The summed E-state index contributed by atoms with van der Waals surface area (Å²) in [5.41, 5.74) is 1.82. The molecule has 0 spiro atoms. The Hall–Kier alpha value is -2.26. The predicted octanol–water partition coefficient (Wildman–Crippen LogP) is 2.82. The summed E-state index contributed by atoms with van der Waals surface area (Å²) < 4.78 is 3.87. The molecule has 126 valence electrons. The van der Waals surface area contributed by atoms with E-state index in [0.29, 0.717) is 0 Å². The molecule has 0 unspecified atom stereocenters. The first-order chi connectivity index (χ1) is 12.3. The van der Waals surface area contributed by atoms with E-state index in [1.54, 1.807) is 17.5 Å². The molecule has 5 rings (SSSR count). The van der Waals surface area contributed by atoms with E-state index in [-0.39, 0.29) is 0 Å². The van der Waals surface area contributed by atoms with Gasteiger partial charge in [-0.2, -0.15) is 0 Å². The van der Waals surface area contributed by atoms with E-state index < -0.39 is 0 Å². The quantitative estimate of drug-likeness (QED) is 0.501. The van der Waals surface area contributed by atoms with E-state index in [1.165, 1.54) is 4.70 Å². The molecule has 0 aromatic carbocycles. The molecule has 0 saturated carbocycles. The molecule has 7 nitrogen and oxygen atoms in total. The van der Waals surface area contributed by atoms with Gasteiger partial charge in [-0.25, -0.2) is 14.5 Å². The summed E-state index contributed by atoms with van der Waals surface area (Å²) in [7, 11) is 0. The maximum absolute atomic E-state index is 4.71. The Morgan fingerprint density at radius 2 is 1.84 bits per heavy atom. The topological polar surface area (TPSA) is 62.5 Å². The number of nitrogens with zero attached hydrogens (tertiary/aromatic N) is 7. The predicted molar refractivity (Wildman–Crippen MR) is 103 cm³/mol. The lowest BCUT2D eigenvalue weighted by Crippen LogP contribution is -2.46. The van der Waals surface area contributed by atoms with Crippen LogP contribution in [0.5, 0.6) is 0 Å². The molecule has 0 aliphatic carbocycles. The molecule has 5 heterocycles. The number of piperazine rings is 1. The standard InChI is InChI=1S/C16H14BrN7S/c17-13-10-19-14-1-2-15(21-24(13)14)22-5-7-23(8-6-22)16-20-11-9-18-4-3-12(11)25-16/h1-4,9-10H,5-8H2. The van der Waals surface area contributed by atoms with Gasteiger partial charge in [0.15, 0.2) is 10.8 Å². The van der Waals surface area contributed by atoms with Crippen molar-refractivity contribution in [2.75, 3.05) is 36.0 Å². The zero-order valence-electron chi connectivity index (χ0n) is 13.2. The summed E-state index contributed by atoms with van der Waals surface area (Å²) in [6.45, 7) is 3.69. The van der Waals surface area contributed by atoms with Crippen molar-refractivity contribution in [2.45, 2.75) is 0 Å². The van der Waals surface area contributed by atoms with Crippen LogP contribution in [0.4, 0.5) is 10.9 Å². The van der Waals surface area contributed by atoms with E-state index in [9.17, 15) is 0 Å². The lowest BCUT2D eigenvalue weighted by atomic mass is 10.3. The van der Waals surface area contributed by atoms with Crippen LogP contribution in [-0.4, -0.2) is 50.7 Å². The van der Waals surface area contributed by atoms with Gasteiger partial charge >= 0.3 is 0 Å². The first-order valence-electron chi connectivity index (χ1n) is 7.99. The number of pyridine rings is 1. The molecule has 9 heteroatoms. The smallest absolute Gasteiger partial charge is 0.186 e. The fourth-order valence-electron chi connectivity index (χ4n) is 3.03. The van der Waals surface area contributed by atoms with E-state index in [0.717, 1.165) is 52.9 Å². The second-order valence-corrected chi connectivity index (χ2v) is 7.68. The van der Waals surface area contributed by atoms with Crippen LogP contribution < -0.4 is 9.80 Å². The van der Waals surface area contributed by atoms with Gasteiger partial charge in [-0.3, -0.25) is 4.98 Å². The Morgan fingerprint density at radius 1 is 1.00 bits per heavy atom. The molecule has 0 N–H and O–H groups in total. The largest absolute Gasteiger partial charge is 0.352 e. The molecule has 0 atom stereocenters. The van der Waals surface area contributed by atoms with Gasteiger partial charge in [-0.1, -0.05) is 11.3 Å². The number of aromatic nitrogens is 5. The van der Waals surface area contributed by atoms with Crippen molar-refractivity contribution < 1.29 is 0 Å². The normalized spacial score (nSPS) is 15.4. The van der Waals surface area contributed by atoms with Crippen LogP contribution >= 0.6 is 27.3 Å². The lowest BCUT2D eigenvalue weighted by molar-refractivity contribution is 0.640. The minimum absolute atomic E-state index is 0.845. The van der Waals surface area contributed by atoms with Crippen molar-refractivity contribution >= 4 is 54.1 Å². The first kappa shape index (κ1) is 15.0. The van der Waals surface area contributed by atoms with Crippen LogP contribution in [0.1, 0.15) is 0 Å². The molecule has 0 radical (unpaired) electrons. The molecule has 1 fully saturated rings. The fourth-order valence-corrected chi connectivity index (χ4v) is 4.38. The highest BCUT2D eigenvalue weighted by atomic mass is 79.9. The molecular formula is C16H14BrN7S. The van der Waals surface area contributed by atoms with Gasteiger partial charge in [0.05, 0.1) is 17.1 Å². The Morgan fingerprint density at radius 3 is 2.68 bits per heavy atom. The first-order valence-corrected chi connectivity index (χ1v) is 9.60. The second kappa shape index (κ2) is 5.92. The van der Waals surface area contributed by atoms with Crippen molar-refractivity contribution in [3.05, 3.63) is 41.4 Å². The van der Waals surface area contributed by atoms with Crippen molar-refractivity contribution in [3.63, 3.8) is 0 Å². The summed E-state index contributed by atoms with van der Waals surface area (Å²) in [6, 6.07) is 6.06. The summed E-state index contributed by atoms with van der Waals surface area (Å²) in [4.78, 5) is 17.8. The van der Waals surface area contributed by atoms with Crippen molar-refractivity contribution in [1.29, 1.82) is 0 Å². The van der Waals surface area contributed by atoms with Gasteiger partial charge in [0, 0.05) is 32.4 Å². The molecule has 1 aliphatic rings. The molecule has 25 heavy (non-hydrogen) atoms. The summed E-state index contributed by atoms with van der Waals surface area (Å²) in [5, 5.41) is 5.76. The zero-order chi connectivity index (χ0) is 16.8. The molecule has 4 aromatic rings. The van der Waals surface area contributed by atoms with Crippen LogP contribution in [0, 0.1) is 0 Å². The van der Waals surface area contributed by atoms with E-state index >= 15 is 0 Å². The summed E-state index contributed by atoms with van der Waals surface area (Å²) >= 11 is 5.21.